The Morgan fingerprint density at radius 3 is 1.18 bits per heavy atom. The van der Waals surface area contributed by atoms with E-state index in [4.69, 9.17) is 18.9 Å². The third-order valence-corrected chi connectivity index (χ3v) is 13.3. The zero-order valence-electron chi connectivity index (χ0n) is 47.8. The average Bonchev–Trinajstić information content (AvgIpc) is 3.35. The first-order valence-electron chi connectivity index (χ1n) is 30.3. The second kappa shape index (κ2) is 54.5. The van der Waals surface area contributed by atoms with Gasteiger partial charge in [0, 0.05) is 12.8 Å². The summed E-state index contributed by atoms with van der Waals surface area (Å²) in [6, 6.07) is 0. The molecular formula is C63H116NO8+. The Balaban J connectivity index is 4.20. The Morgan fingerprint density at radius 2 is 0.792 bits per heavy atom. The second-order valence-corrected chi connectivity index (χ2v) is 21.6. The van der Waals surface area contributed by atoms with Crippen molar-refractivity contribution in [1.29, 1.82) is 0 Å². The number of ether oxygens (including phenoxy) is 4. The lowest BCUT2D eigenvalue weighted by Gasteiger charge is -2.25. The summed E-state index contributed by atoms with van der Waals surface area (Å²) in [4.78, 5) is 37.5. The molecule has 0 aliphatic carbocycles. The van der Waals surface area contributed by atoms with E-state index in [-0.39, 0.29) is 32.2 Å². The van der Waals surface area contributed by atoms with Gasteiger partial charge in [0.2, 0.25) is 0 Å². The normalized spacial score (nSPS) is 13.1. The van der Waals surface area contributed by atoms with Crippen molar-refractivity contribution < 1.29 is 42.9 Å². The van der Waals surface area contributed by atoms with Crippen molar-refractivity contribution in [3.8, 4) is 0 Å². The van der Waals surface area contributed by atoms with E-state index in [2.05, 4.69) is 62.5 Å². The molecule has 0 aromatic rings. The average molecular weight is 1020 g/mol. The number of nitrogens with zero attached hydrogens (tertiary/aromatic N) is 1. The molecule has 0 amide bonds. The standard InChI is InChI=1S/C63H115NO8/c1-6-8-10-12-14-16-18-20-22-24-26-28-30-32-33-35-37-39-41-43-45-47-49-51-53-60(65)70-57-59(58-71-63(62(67)68)69-56-55-64(3,4)5)72-61(66)54-52-50-48-46-44-42-40-38-36-34-31-29-27-25-23-21-19-17-15-13-11-9-7-2/h9,11,15,17,21,23,27,29,59,63H,6-8,10,12-14,16,18-20,22,24-26,28,30-58H2,1-5H3/p+1/b11-9-,17-15-,23-21-,29-27-. The topological polar surface area (TPSA) is 108 Å². The third kappa shape index (κ3) is 55.0. The van der Waals surface area contributed by atoms with Gasteiger partial charge in [-0.2, -0.15) is 0 Å². The van der Waals surface area contributed by atoms with Crippen LogP contribution in [0, 0.1) is 0 Å². The highest BCUT2D eigenvalue weighted by atomic mass is 16.7. The quantitative estimate of drug-likeness (QED) is 0.0211. The van der Waals surface area contributed by atoms with Crippen LogP contribution in [0.25, 0.3) is 0 Å². The second-order valence-electron chi connectivity index (χ2n) is 21.6. The van der Waals surface area contributed by atoms with Gasteiger partial charge in [0.1, 0.15) is 13.2 Å². The highest BCUT2D eigenvalue weighted by Crippen LogP contribution is 2.17. The molecular weight excluding hydrogens is 899 g/mol. The number of likely N-dealkylation sites (N-methyl/N-ethyl adjacent to an activating group) is 1. The number of aliphatic carboxylic acids is 1. The predicted octanol–water partition coefficient (Wildman–Crippen LogP) is 17.9. The Labute approximate surface area is 444 Å². The van der Waals surface area contributed by atoms with Gasteiger partial charge < -0.3 is 28.5 Å². The number of hydrogen-bond donors (Lipinski definition) is 1. The van der Waals surface area contributed by atoms with Gasteiger partial charge in [0.15, 0.2) is 6.10 Å². The number of carbonyl (C=O) groups excluding carboxylic acids is 2. The molecule has 0 spiro atoms. The predicted molar refractivity (Wildman–Crippen MR) is 304 cm³/mol. The molecule has 0 radical (unpaired) electrons. The van der Waals surface area contributed by atoms with Crippen LogP contribution in [0.2, 0.25) is 0 Å². The van der Waals surface area contributed by atoms with E-state index in [9.17, 15) is 19.5 Å². The molecule has 0 fully saturated rings. The Bertz CT molecular complexity index is 1320. The minimum atomic E-state index is -1.51. The van der Waals surface area contributed by atoms with Crippen LogP contribution in [0.4, 0.5) is 0 Å². The number of unbranched alkanes of at least 4 members (excludes halogenated alkanes) is 33. The molecule has 420 valence electrons. The first-order chi connectivity index (χ1) is 35.1. The lowest BCUT2D eigenvalue weighted by molar-refractivity contribution is -0.870. The van der Waals surface area contributed by atoms with Crippen LogP contribution in [0.5, 0.6) is 0 Å². The van der Waals surface area contributed by atoms with Crippen molar-refractivity contribution in [2.24, 2.45) is 0 Å². The van der Waals surface area contributed by atoms with Crippen molar-refractivity contribution in [2.45, 2.75) is 289 Å². The maximum absolute atomic E-state index is 12.9. The van der Waals surface area contributed by atoms with Gasteiger partial charge in [-0.25, -0.2) is 4.79 Å². The van der Waals surface area contributed by atoms with Crippen LogP contribution >= 0.6 is 0 Å². The molecule has 0 aliphatic heterocycles. The first-order valence-corrected chi connectivity index (χ1v) is 30.3. The summed E-state index contributed by atoms with van der Waals surface area (Å²) in [6.07, 6.45) is 64.8. The zero-order valence-corrected chi connectivity index (χ0v) is 47.8. The van der Waals surface area contributed by atoms with Crippen molar-refractivity contribution in [3.63, 3.8) is 0 Å². The monoisotopic (exact) mass is 1010 g/mol. The molecule has 72 heavy (non-hydrogen) atoms. The van der Waals surface area contributed by atoms with E-state index in [1.807, 2.05) is 21.1 Å². The summed E-state index contributed by atoms with van der Waals surface area (Å²) < 4.78 is 22.9. The summed E-state index contributed by atoms with van der Waals surface area (Å²) in [7, 11) is 5.97. The SMILES string of the molecule is CC/C=C\C/C=C\C/C=C\C/C=C\CCCCCCCCCCCCC(=O)OC(COC(=O)CCCCCCCCCCCCCCCCCCCCCCCCCC)COC(OCC[N+](C)(C)C)C(=O)O. The van der Waals surface area contributed by atoms with E-state index in [0.29, 0.717) is 17.4 Å². The summed E-state index contributed by atoms with van der Waals surface area (Å²) in [5.74, 6) is -2.00. The van der Waals surface area contributed by atoms with E-state index in [1.54, 1.807) is 0 Å². The molecule has 9 nitrogen and oxygen atoms in total. The largest absolute Gasteiger partial charge is 0.477 e. The summed E-state index contributed by atoms with van der Waals surface area (Å²) in [5, 5.41) is 9.71. The van der Waals surface area contributed by atoms with Crippen LogP contribution in [0.3, 0.4) is 0 Å². The molecule has 0 saturated carbocycles. The first kappa shape index (κ1) is 69.2. The van der Waals surface area contributed by atoms with Gasteiger partial charge in [-0.05, 0) is 51.4 Å². The highest BCUT2D eigenvalue weighted by Gasteiger charge is 2.25. The number of carbonyl (C=O) groups is 3. The number of rotatable bonds is 56. The van der Waals surface area contributed by atoms with Gasteiger partial charge in [-0.1, -0.05) is 262 Å². The van der Waals surface area contributed by atoms with E-state index < -0.39 is 24.3 Å². The molecule has 0 aromatic carbocycles. The van der Waals surface area contributed by atoms with Gasteiger partial charge in [-0.15, -0.1) is 0 Å². The molecule has 0 aliphatic rings. The van der Waals surface area contributed by atoms with Crippen LogP contribution in [0.15, 0.2) is 48.6 Å². The number of quaternary nitrogens is 1. The van der Waals surface area contributed by atoms with Crippen LogP contribution in [0.1, 0.15) is 277 Å². The third-order valence-electron chi connectivity index (χ3n) is 13.3. The maximum atomic E-state index is 12.9. The minimum absolute atomic E-state index is 0.181. The summed E-state index contributed by atoms with van der Waals surface area (Å²) in [5.41, 5.74) is 0. The molecule has 0 heterocycles. The number of hydrogen-bond acceptors (Lipinski definition) is 7. The maximum Gasteiger partial charge on any atom is 0.361 e. The lowest BCUT2D eigenvalue weighted by atomic mass is 10.0. The fraction of sp³-hybridized carbons (Fsp3) is 0.825. The molecule has 0 saturated heterocycles. The molecule has 0 aromatic heterocycles. The smallest absolute Gasteiger partial charge is 0.361 e. The van der Waals surface area contributed by atoms with Crippen molar-refractivity contribution in [1.82, 2.24) is 0 Å². The fourth-order valence-corrected chi connectivity index (χ4v) is 8.71. The number of carboxylic acids is 1. The summed E-state index contributed by atoms with van der Waals surface area (Å²) >= 11 is 0. The Kier molecular flexibility index (Phi) is 52.4. The van der Waals surface area contributed by atoms with E-state index in [1.165, 1.54) is 173 Å². The van der Waals surface area contributed by atoms with Crippen LogP contribution in [-0.4, -0.2) is 87.4 Å². The van der Waals surface area contributed by atoms with Crippen molar-refractivity contribution >= 4 is 17.9 Å². The molecule has 9 heteroatoms. The molecule has 2 unspecified atom stereocenters. The number of carboxylic acid groups (broad SMARTS) is 1. The highest BCUT2D eigenvalue weighted by molar-refractivity contribution is 5.71. The molecule has 0 rings (SSSR count). The molecule has 2 atom stereocenters. The van der Waals surface area contributed by atoms with E-state index >= 15 is 0 Å². The molecule has 1 N–H and O–H groups in total. The Morgan fingerprint density at radius 1 is 0.431 bits per heavy atom. The van der Waals surface area contributed by atoms with Gasteiger partial charge in [0.25, 0.3) is 6.29 Å². The van der Waals surface area contributed by atoms with Crippen LogP contribution in [-0.2, 0) is 33.3 Å². The van der Waals surface area contributed by atoms with Crippen molar-refractivity contribution in [3.05, 3.63) is 48.6 Å². The van der Waals surface area contributed by atoms with E-state index in [0.717, 1.165) is 77.0 Å². The van der Waals surface area contributed by atoms with Gasteiger partial charge >= 0.3 is 17.9 Å². The fourth-order valence-electron chi connectivity index (χ4n) is 8.71. The van der Waals surface area contributed by atoms with Crippen LogP contribution < -0.4 is 0 Å². The zero-order chi connectivity index (χ0) is 52.7. The summed E-state index contributed by atoms with van der Waals surface area (Å²) in [6.45, 7) is 4.80. The minimum Gasteiger partial charge on any atom is -0.477 e. The Hall–Kier alpha value is -2.75. The van der Waals surface area contributed by atoms with Crippen molar-refractivity contribution in [2.75, 3.05) is 47.5 Å². The van der Waals surface area contributed by atoms with Gasteiger partial charge in [-0.3, -0.25) is 9.59 Å². The van der Waals surface area contributed by atoms with Gasteiger partial charge in [0.05, 0.1) is 34.4 Å². The number of esters is 2. The lowest BCUT2D eigenvalue weighted by Crippen LogP contribution is -2.40. The number of allylic oxidation sites excluding steroid dienone is 8. The molecule has 0 bridgehead atoms.